The molecule has 7 heteroatoms. The summed E-state index contributed by atoms with van der Waals surface area (Å²) in [5.74, 6) is -0.241. The van der Waals surface area contributed by atoms with E-state index in [9.17, 15) is 10.1 Å². The van der Waals surface area contributed by atoms with Crippen molar-refractivity contribution in [1.29, 1.82) is 5.26 Å². The fourth-order valence-electron chi connectivity index (χ4n) is 3.04. The number of nitriles is 1. The molecule has 0 amide bonds. The molecule has 0 saturated heterocycles. The van der Waals surface area contributed by atoms with Crippen LogP contribution < -0.4 is 0 Å². The molecule has 0 saturated carbocycles. The van der Waals surface area contributed by atoms with Gasteiger partial charge < -0.3 is 14.2 Å². The number of allylic oxidation sites excluding steroid dienone is 1. The number of methoxy groups -OCH3 is 1. The van der Waals surface area contributed by atoms with Crippen LogP contribution in [0.25, 0.3) is 11.3 Å². The summed E-state index contributed by atoms with van der Waals surface area (Å²) in [6, 6.07) is 10.1. The number of esters is 1. The van der Waals surface area contributed by atoms with E-state index in [0.717, 1.165) is 16.8 Å². The van der Waals surface area contributed by atoms with Crippen LogP contribution in [0.1, 0.15) is 48.8 Å². The van der Waals surface area contributed by atoms with Gasteiger partial charge in [0, 0.05) is 19.7 Å². The van der Waals surface area contributed by atoms with Gasteiger partial charge in [-0.2, -0.15) is 10.4 Å². The summed E-state index contributed by atoms with van der Waals surface area (Å²) in [5.41, 5.74) is 4.57. The lowest BCUT2D eigenvalue weighted by Gasteiger charge is -2.19. The van der Waals surface area contributed by atoms with Gasteiger partial charge in [0.1, 0.15) is 23.9 Å². The first kappa shape index (κ1) is 23.2. The molecule has 160 valence electrons. The Bertz CT molecular complexity index is 974. The maximum Gasteiger partial charge on any atom is 0.334 e. The number of nitrogens with zero attached hydrogens (tertiary/aromatic N) is 3. The third kappa shape index (κ3) is 5.28. The maximum atomic E-state index is 11.6. The minimum Gasteiger partial charge on any atom is -0.454 e. The van der Waals surface area contributed by atoms with Crippen LogP contribution >= 0.6 is 0 Å². The summed E-state index contributed by atoms with van der Waals surface area (Å²) in [6.07, 6.45) is 0. The highest BCUT2D eigenvalue weighted by Crippen LogP contribution is 2.31. The van der Waals surface area contributed by atoms with Crippen molar-refractivity contribution in [2.45, 2.75) is 40.0 Å². The van der Waals surface area contributed by atoms with Gasteiger partial charge in [-0.15, -0.1) is 0 Å². The van der Waals surface area contributed by atoms with Crippen LogP contribution in [-0.4, -0.2) is 36.3 Å². The number of carbonyl (C=O) groups excluding carboxylic acids is 1. The van der Waals surface area contributed by atoms with Gasteiger partial charge in [-0.1, -0.05) is 45.0 Å². The van der Waals surface area contributed by atoms with Crippen LogP contribution in [0.15, 0.2) is 24.3 Å². The maximum absolute atomic E-state index is 11.6. The Kier molecular flexibility index (Phi) is 7.41. The Morgan fingerprint density at radius 3 is 2.27 bits per heavy atom. The van der Waals surface area contributed by atoms with E-state index in [1.54, 1.807) is 11.7 Å². The molecule has 7 nitrogen and oxygen atoms in total. The summed E-state index contributed by atoms with van der Waals surface area (Å²) < 4.78 is 17.3. The Labute approximate surface area is 177 Å². The van der Waals surface area contributed by atoms with Gasteiger partial charge in [-0.05, 0) is 30.4 Å². The standard InChI is InChI=1S/C23H29N3O4/c1-15-16(2)25-26(6)21(15)22(30-14-29-20(27)13-28-7)19(12-24)17-8-10-18(11-9-17)23(3,4)5/h8-11H,13-14H2,1-7H3/b22-19-. The van der Waals surface area contributed by atoms with Crippen LogP contribution in [0.2, 0.25) is 0 Å². The normalized spacial score (nSPS) is 12.2. The summed E-state index contributed by atoms with van der Waals surface area (Å²) in [4.78, 5) is 11.6. The van der Waals surface area contributed by atoms with E-state index >= 15 is 0 Å². The second kappa shape index (κ2) is 9.59. The molecular formula is C23H29N3O4. The minimum atomic E-state index is -0.553. The second-order valence-electron chi connectivity index (χ2n) is 8.04. The molecule has 0 aliphatic heterocycles. The highest BCUT2D eigenvalue weighted by Gasteiger charge is 2.22. The topological polar surface area (TPSA) is 86.4 Å². The molecule has 0 N–H and O–H groups in total. The first-order valence-corrected chi connectivity index (χ1v) is 9.63. The van der Waals surface area contributed by atoms with E-state index in [1.165, 1.54) is 7.11 Å². The zero-order valence-electron chi connectivity index (χ0n) is 18.7. The number of ether oxygens (including phenoxy) is 3. The molecule has 0 atom stereocenters. The predicted molar refractivity (Wildman–Crippen MR) is 114 cm³/mol. The highest BCUT2D eigenvalue weighted by atomic mass is 16.7. The Hall–Kier alpha value is -3.11. The smallest absolute Gasteiger partial charge is 0.334 e. The van der Waals surface area contributed by atoms with Crippen molar-refractivity contribution in [2.75, 3.05) is 20.5 Å². The van der Waals surface area contributed by atoms with Gasteiger partial charge in [0.05, 0.1) is 5.69 Å². The lowest BCUT2D eigenvalue weighted by Crippen LogP contribution is -2.14. The Morgan fingerprint density at radius 2 is 1.80 bits per heavy atom. The van der Waals surface area contributed by atoms with Gasteiger partial charge >= 0.3 is 5.97 Å². The zero-order valence-corrected chi connectivity index (χ0v) is 18.7. The number of carbonyl (C=O) groups is 1. The van der Waals surface area contributed by atoms with Crippen molar-refractivity contribution in [3.63, 3.8) is 0 Å². The van der Waals surface area contributed by atoms with Crippen molar-refractivity contribution in [3.05, 3.63) is 52.3 Å². The van der Waals surface area contributed by atoms with E-state index in [-0.39, 0.29) is 18.8 Å². The van der Waals surface area contributed by atoms with Crippen LogP contribution in [-0.2, 0) is 31.5 Å². The van der Waals surface area contributed by atoms with E-state index in [4.69, 9.17) is 14.2 Å². The monoisotopic (exact) mass is 411 g/mol. The lowest BCUT2D eigenvalue weighted by molar-refractivity contribution is -0.155. The highest BCUT2D eigenvalue weighted by molar-refractivity contribution is 5.94. The van der Waals surface area contributed by atoms with E-state index in [2.05, 4.69) is 31.9 Å². The molecule has 0 fully saturated rings. The van der Waals surface area contributed by atoms with Crippen LogP contribution in [0, 0.1) is 25.2 Å². The summed E-state index contributed by atoms with van der Waals surface area (Å²) in [7, 11) is 3.19. The van der Waals surface area contributed by atoms with Crippen LogP contribution in [0.4, 0.5) is 0 Å². The minimum absolute atomic E-state index is 0.000328. The van der Waals surface area contributed by atoms with Gasteiger partial charge in [0.2, 0.25) is 6.79 Å². The van der Waals surface area contributed by atoms with E-state index in [0.29, 0.717) is 22.6 Å². The number of benzene rings is 1. The molecule has 0 aliphatic carbocycles. The molecule has 2 aromatic rings. The van der Waals surface area contributed by atoms with Crippen molar-refractivity contribution in [1.82, 2.24) is 9.78 Å². The fraction of sp³-hybridized carbons (Fsp3) is 0.435. The molecule has 0 unspecified atom stereocenters. The van der Waals surface area contributed by atoms with Crippen LogP contribution in [0.3, 0.4) is 0 Å². The van der Waals surface area contributed by atoms with Crippen molar-refractivity contribution in [3.8, 4) is 6.07 Å². The van der Waals surface area contributed by atoms with Crippen molar-refractivity contribution >= 4 is 17.3 Å². The average Bonchev–Trinajstić information content (AvgIpc) is 2.93. The molecule has 0 spiro atoms. The third-order valence-electron chi connectivity index (χ3n) is 4.80. The molecular weight excluding hydrogens is 382 g/mol. The predicted octanol–water partition coefficient (Wildman–Crippen LogP) is 3.89. The molecule has 1 aromatic carbocycles. The second-order valence-corrected chi connectivity index (χ2v) is 8.04. The summed E-state index contributed by atoms with van der Waals surface area (Å²) >= 11 is 0. The van der Waals surface area contributed by atoms with E-state index in [1.807, 2.05) is 38.1 Å². The molecule has 2 rings (SSSR count). The average molecular weight is 412 g/mol. The quantitative estimate of drug-likeness (QED) is 0.297. The number of aromatic nitrogens is 2. The van der Waals surface area contributed by atoms with Gasteiger partial charge in [0.15, 0.2) is 5.76 Å². The molecule has 0 bridgehead atoms. The molecule has 0 aliphatic rings. The first-order valence-electron chi connectivity index (χ1n) is 9.63. The van der Waals surface area contributed by atoms with Crippen molar-refractivity contribution in [2.24, 2.45) is 7.05 Å². The third-order valence-corrected chi connectivity index (χ3v) is 4.80. The van der Waals surface area contributed by atoms with E-state index < -0.39 is 5.97 Å². The number of hydrogen-bond donors (Lipinski definition) is 0. The zero-order chi connectivity index (χ0) is 22.5. The molecule has 1 aromatic heterocycles. The summed E-state index contributed by atoms with van der Waals surface area (Å²) in [5, 5.41) is 14.4. The molecule has 0 radical (unpaired) electrons. The van der Waals surface area contributed by atoms with Crippen molar-refractivity contribution < 1.29 is 19.0 Å². The number of rotatable bonds is 7. The van der Waals surface area contributed by atoms with Gasteiger partial charge in [0.25, 0.3) is 0 Å². The fourth-order valence-corrected chi connectivity index (χ4v) is 3.04. The lowest BCUT2D eigenvalue weighted by atomic mass is 9.86. The molecule has 30 heavy (non-hydrogen) atoms. The van der Waals surface area contributed by atoms with Crippen LogP contribution in [0.5, 0.6) is 0 Å². The SMILES string of the molecule is COCC(=O)OCO/C(=C(/C#N)c1ccc(C(C)(C)C)cc1)c1c(C)c(C)nn1C. The first-order chi connectivity index (χ1) is 14.1. The number of hydrogen-bond acceptors (Lipinski definition) is 6. The largest absolute Gasteiger partial charge is 0.454 e. The van der Waals surface area contributed by atoms with Gasteiger partial charge in [-0.25, -0.2) is 4.79 Å². The Balaban J connectivity index is 2.52. The summed E-state index contributed by atoms with van der Waals surface area (Å²) in [6.45, 7) is 9.68. The van der Waals surface area contributed by atoms with Gasteiger partial charge in [-0.3, -0.25) is 4.68 Å². The molecule has 1 heterocycles. The number of aryl methyl sites for hydroxylation is 2. The Morgan fingerprint density at radius 1 is 1.17 bits per heavy atom.